The third-order valence-electron chi connectivity index (χ3n) is 5.40. The Morgan fingerprint density at radius 3 is 3.04 bits per heavy atom. The van der Waals surface area contributed by atoms with Gasteiger partial charge in [0.2, 0.25) is 0 Å². The van der Waals surface area contributed by atoms with Crippen LogP contribution in [0.15, 0.2) is 17.5 Å². The van der Waals surface area contributed by atoms with E-state index in [1.54, 1.807) is 0 Å². The maximum Gasteiger partial charge on any atom is 0.0960 e. The number of fused-ring (bicyclic) bond motifs is 2. The average molecular weight is 393 g/mol. The van der Waals surface area contributed by atoms with E-state index in [9.17, 15) is 0 Å². The summed E-state index contributed by atoms with van der Waals surface area (Å²) in [5.74, 6) is 0.481. The van der Waals surface area contributed by atoms with Crippen LogP contribution in [0.3, 0.4) is 0 Å². The van der Waals surface area contributed by atoms with Crippen LogP contribution in [0.4, 0.5) is 0 Å². The molecule has 0 radical (unpaired) electrons. The zero-order valence-electron chi connectivity index (χ0n) is 15.3. The first-order chi connectivity index (χ1) is 12.8. The number of thiophene rings is 2. The minimum Gasteiger partial charge on any atom is -0.372 e. The van der Waals surface area contributed by atoms with Gasteiger partial charge < -0.3 is 20.5 Å². The molecule has 0 saturated carbocycles. The number of nitrogens with two attached hydrogens (primary N) is 1. The lowest BCUT2D eigenvalue weighted by atomic mass is 9.95. The molecule has 4 heterocycles. The molecule has 4 nitrogen and oxygen atoms in total. The highest BCUT2D eigenvalue weighted by Gasteiger charge is 2.29. The molecule has 0 fully saturated rings. The van der Waals surface area contributed by atoms with E-state index in [-0.39, 0.29) is 12.2 Å². The van der Waals surface area contributed by atoms with Crippen LogP contribution in [0.5, 0.6) is 0 Å². The summed E-state index contributed by atoms with van der Waals surface area (Å²) in [7, 11) is 0. The van der Waals surface area contributed by atoms with Crippen LogP contribution in [0.1, 0.15) is 57.2 Å². The van der Waals surface area contributed by atoms with Gasteiger partial charge in [-0.25, -0.2) is 0 Å². The second-order valence-corrected chi connectivity index (χ2v) is 9.21. The fourth-order valence-corrected chi connectivity index (χ4v) is 6.12. The van der Waals surface area contributed by atoms with Crippen molar-refractivity contribution in [1.29, 1.82) is 0 Å². The molecular weight excluding hydrogens is 364 g/mol. The van der Waals surface area contributed by atoms with Crippen LogP contribution in [-0.2, 0) is 22.3 Å². The number of hydrogen-bond donors (Lipinski definition) is 2. The van der Waals surface area contributed by atoms with Crippen molar-refractivity contribution in [2.24, 2.45) is 5.73 Å². The van der Waals surface area contributed by atoms with Gasteiger partial charge in [0.05, 0.1) is 25.4 Å². The SMILES string of the molecule is CCc1cc2c(s1)C(CCNC[C@@H]1OCCc3sccc31)CO[C@H]2CN. The number of hydrogen-bond acceptors (Lipinski definition) is 6. The smallest absolute Gasteiger partial charge is 0.0960 e. The first-order valence-electron chi connectivity index (χ1n) is 9.62. The summed E-state index contributed by atoms with van der Waals surface area (Å²) in [6, 6.07) is 4.53. The fourth-order valence-electron chi connectivity index (χ4n) is 3.93. The molecule has 0 saturated heterocycles. The lowest BCUT2D eigenvalue weighted by molar-refractivity contribution is 0.0317. The Bertz CT molecular complexity index is 727. The monoisotopic (exact) mass is 392 g/mol. The molecule has 0 bridgehead atoms. The molecule has 2 aliphatic heterocycles. The first kappa shape index (κ1) is 18.6. The number of rotatable bonds is 7. The van der Waals surface area contributed by atoms with Gasteiger partial charge in [0.15, 0.2) is 0 Å². The quantitative estimate of drug-likeness (QED) is 0.704. The second-order valence-electron chi connectivity index (χ2n) is 7.04. The topological polar surface area (TPSA) is 56.5 Å². The predicted octanol–water partition coefficient (Wildman–Crippen LogP) is 3.78. The minimum absolute atomic E-state index is 0.0819. The molecule has 2 aromatic rings. The lowest BCUT2D eigenvalue weighted by Gasteiger charge is -2.29. The van der Waals surface area contributed by atoms with Crippen molar-refractivity contribution in [3.05, 3.63) is 43.3 Å². The van der Waals surface area contributed by atoms with Crippen LogP contribution >= 0.6 is 22.7 Å². The van der Waals surface area contributed by atoms with Crippen molar-refractivity contribution >= 4 is 22.7 Å². The Balaban J connectivity index is 1.32. The summed E-state index contributed by atoms with van der Waals surface area (Å²) in [4.78, 5) is 4.43. The van der Waals surface area contributed by atoms with E-state index < -0.39 is 0 Å². The van der Waals surface area contributed by atoms with Gasteiger partial charge in [-0.15, -0.1) is 22.7 Å². The van der Waals surface area contributed by atoms with Gasteiger partial charge in [0.25, 0.3) is 0 Å². The van der Waals surface area contributed by atoms with Crippen LogP contribution in [-0.4, -0.2) is 32.8 Å². The fraction of sp³-hybridized carbons (Fsp3) is 0.600. The Morgan fingerprint density at radius 1 is 1.27 bits per heavy atom. The molecule has 4 rings (SSSR count). The summed E-state index contributed by atoms with van der Waals surface area (Å²) >= 11 is 3.81. The second kappa shape index (κ2) is 8.50. The highest BCUT2D eigenvalue weighted by Crippen LogP contribution is 2.41. The highest BCUT2D eigenvalue weighted by molar-refractivity contribution is 7.12. The van der Waals surface area contributed by atoms with Crippen molar-refractivity contribution in [2.75, 3.05) is 32.8 Å². The predicted molar refractivity (Wildman–Crippen MR) is 108 cm³/mol. The van der Waals surface area contributed by atoms with Crippen LogP contribution in [0.2, 0.25) is 0 Å². The van der Waals surface area contributed by atoms with Crippen molar-refractivity contribution < 1.29 is 9.47 Å². The Labute approximate surface area is 163 Å². The largest absolute Gasteiger partial charge is 0.372 e. The molecule has 0 spiro atoms. The summed E-state index contributed by atoms with van der Waals surface area (Å²) in [5, 5.41) is 5.80. The molecular formula is C20H28N2O2S2. The molecule has 1 unspecified atom stereocenters. The lowest BCUT2D eigenvalue weighted by Crippen LogP contribution is -2.30. The van der Waals surface area contributed by atoms with Gasteiger partial charge in [0.1, 0.15) is 0 Å². The molecule has 2 aromatic heterocycles. The molecule has 0 amide bonds. The summed E-state index contributed by atoms with van der Waals surface area (Å²) < 4.78 is 12.0. The molecule has 142 valence electrons. The van der Waals surface area contributed by atoms with E-state index in [2.05, 4.69) is 29.8 Å². The maximum atomic E-state index is 6.04. The molecule has 3 N–H and O–H groups in total. The molecule has 6 heteroatoms. The van der Waals surface area contributed by atoms with Crippen molar-refractivity contribution in [3.8, 4) is 0 Å². The van der Waals surface area contributed by atoms with Gasteiger partial charge in [-0.2, -0.15) is 0 Å². The normalized spacial score (nSPS) is 25.1. The van der Waals surface area contributed by atoms with E-state index in [0.29, 0.717) is 12.5 Å². The van der Waals surface area contributed by atoms with Crippen molar-refractivity contribution in [2.45, 2.75) is 44.3 Å². The highest BCUT2D eigenvalue weighted by atomic mass is 32.1. The zero-order valence-corrected chi connectivity index (χ0v) is 17.0. The Hall–Kier alpha value is -0.760. The summed E-state index contributed by atoms with van der Waals surface area (Å²) in [6.45, 7) is 6.29. The minimum atomic E-state index is 0.0819. The number of ether oxygens (including phenoxy) is 2. The van der Waals surface area contributed by atoms with Crippen molar-refractivity contribution in [3.63, 3.8) is 0 Å². The van der Waals surface area contributed by atoms with E-state index in [1.165, 1.54) is 25.8 Å². The Kier molecular flexibility index (Phi) is 6.08. The van der Waals surface area contributed by atoms with E-state index in [0.717, 1.165) is 45.6 Å². The maximum absolute atomic E-state index is 6.04. The molecule has 26 heavy (non-hydrogen) atoms. The molecule has 3 atom stereocenters. The number of nitrogens with one attached hydrogen (secondary N) is 1. The van der Waals surface area contributed by atoms with E-state index in [1.807, 2.05) is 22.7 Å². The summed E-state index contributed by atoms with van der Waals surface area (Å²) in [5.41, 5.74) is 8.62. The molecule has 2 aliphatic rings. The van der Waals surface area contributed by atoms with Crippen LogP contribution in [0.25, 0.3) is 0 Å². The van der Waals surface area contributed by atoms with E-state index in [4.69, 9.17) is 15.2 Å². The standard InChI is InChI=1S/C20H28N2O2S2/c1-2-14-9-16-17(10-21)24-12-13(20(16)26-14)3-6-22-11-18-15-5-8-25-19(15)4-7-23-18/h5,8-9,13,17-18,22H,2-4,6-7,10-12,21H2,1H3/t13?,17-,18-/m0/s1. The summed E-state index contributed by atoms with van der Waals surface area (Å²) in [6.07, 6.45) is 3.53. The van der Waals surface area contributed by atoms with Crippen molar-refractivity contribution in [1.82, 2.24) is 5.32 Å². The molecule has 0 aromatic carbocycles. The van der Waals surface area contributed by atoms with Gasteiger partial charge in [-0.1, -0.05) is 6.92 Å². The van der Waals surface area contributed by atoms with Crippen LogP contribution < -0.4 is 11.1 Å². The molecule has 0 aliphatic carbocycles. The van der Waals surface area contributed by atoms with Gasteiger partial charge in [0, 0.05) is 40.1 Å². The van der Waals surface area contributed by atoms with Gasteiger partial charge in [-0.05, 0) is 48.0 Å². The number of aryl methyl sites for hydroxylation is 1. The third-order valence-corrected chi connectivity index (χ3v) is 7.85. The third kappa shape index (κ3) is 3.77. The Morgan fingerprint density at radius 2 is 2.19 bits per heavy atom. The van der Waals surface area contributed by atoms with Gasteiger partial charge >= 0.3 is 0 Å². The zero-order chi connectivity index (χ0) is 17.9. The average Bonchev–Trinajstić information content (AvgIpc) is 3.32. The van der Waals surface area contributed by atoms with Gasteiger partial charge in [-0.3, -0.25) is 0 Å². The van der Waals surface area contributed by atoms with Crippen LogP contribution in [0, 0.1) is 0 Å². The van der Waals surface area contributed by atoms with E-state index >= 15 is 0 Å². The first-order valence-corrected chi connectivity index (χ1v) is 11.3.